The van der Waals surface area contributed by atoms with Crippen LogP contribution in [0.2, 0.25) is 0 Å². The first-order valence-electron chi connectivity index (χ1n) is 10.8. The van der Waals surface area contributed by atoms with Crippen molar-refractivity contribution in [3.63, 3.8) is 0 Å². The zero-order valence-corrected chi connectivity index (χ0v) is 17.5. The third-order valence-electron chi connectivity index (χ3n) is 7.06. The maximum atomic E-state index is 14.3. The van der Waals surface area contributed by atoms with E-state index >= 15 is 0 Å². The molecule has 1 atom stereocenters. The van der Waals surface area contributed by atoms with E-state index in [1.165, 1.54) is 0 Å². The summed E-state index contributed by atoms with van der Waals surface area (Å²) in [7, 11) is 1.87. The van der Waals surface area contributed by atoms with Gasteiger partial charge in [-0.3, -0.25) is 4.79 Å². The highest BCUT2D eigenvalue weighted by Gasteiger charge is 2.57. The minimum atomic E-state index is -0.959. The third-order valence-corrected chi connectivity index (χ3v) is 7.06. The lowest BCUT2D eigenvalue weighted by Crippen LogP contribution is -2.42. The number of amides is 1. The van der Waals surface area contributed by atoms with Gasteiger partial charge in [-0.05, 0) is 28.3 Å². The summed E-state index contributed by atoms with van der Waals surface area (Å²) in [4.78, 5) is 16.1. The van der Waals surface area contributed by atoms with Crippen LogP contribution in [0.5, 0.6) is 11.5 Å². The predicted molar refractivity (Wildman–Crippen MR) is 128 cm³/mol. The van der Waals surface area contributed by atoms with Crippen LogP contribution in [-0.4, -0.2) is 13.0 Å². The van der Waals surface area contributed by atoms with Crippen molar-refractivity contribution in [3.05, 3.63) is 114 Å². The fourth-order valence-electron chi connectivity index (χ4n) is 5.68. The van der Waals surface area contributed by atoms with Gasteiger partial charge in [0.1, 0.15) is 16.9 Å². The monoisotopic (exact) mass is 413 g/mol. The summed E-state index contributed by atoms with van der Waals surface area (Å²) in [6.45, 7) is 0. The van der Waals surface area contributed by atoms with E-state index in [1.807, 2.05) is 55.6 Å². The van der Waals surface area contributed by atoms with E-state index in [9.17, 15) is 4.79 Å². The Morgan fingerprint density at radius 2 is 1.34 bits per heavy atom. The van der Waals surface area contributed by atoms with Gasteiger partial charge in [-0.15, -0.1) is 0 Å². The number of nitrogens with zero attached hydrogens (tertiary/aromatic N) is 1. The first-order valence-corrected chi connectivity index (χ1v) is 10.8. The van der Waals surface area contributed by atoms with E-state index < -0.39 is 5.41 Å². The van der Waals surface area contributed by atoms with E-state index in [0.717, 1.165) is 55.4 Å². The summed E-state index contributed by atoms with van der Waals surface area (Å²) in [6, 6.07) is 32.9. The Bertz CT molecular complexity index is 1600. The summed E-state index contributed by atoms with van der Waals surface area (Å²) >= 11 is 0. The van der Waals surface area contributed by atoms with Gasteiger partial charge in [0.25, 0.3) is 0 Å². The maximum Gasteiger partial charge on any atom is 0.246 e. The van der Waals surface area contributed by atoms with Crippen LogP contribution in [0, 0.1) is 0 Å². The lowest BCUT2D eigenvalue weighted by molar-refractivity contribution is -0.120. The Labute approximate surface area is 185 Å². The molecule has 0 fully saturated rings. The van der Waals surface area contributed by atoms with Crippen LogP contribution >= 0.6 is 0 Å². The largest absolute Gasteiger partial charge is 0.456 e. The highest BCUT2D eigenvalue weighted by molar-refractivity contribution is 6.17. The summed E-state index contributed by atoms with van der Waals surface area (Å²) in [5, 5.41) is 4.25. The quantitative estimate of drug-likeness (QED) is 0.294. The SMILES string of the molecule is CN1C(=O)[C@]2(c3ccccc31)c1ccc3ccccc3c1Oc1ccc3ccccc3c12. The van der Waals surface area contributed by atoms with E-state index in [2.05, 4.69) is 48.5 Å². The number of likely N-dealkylation sites (N-methyl/N-ethyl adjacent to an activating group) is 1. The molecule has 1 amide bonds. The molecule has 7 rings (SSSR count). The molecular formula is C29H19NO2. The molecule has 32 heavy (non-hydrogen) atoms. The van der Waals surface area contributed by atoms with Crippen molar-refractivity contribution in [1.82, 2.24) is 0 Å². The molecule has 0 N–H and O–H groups in total. The Hall–Kier alpha value is -4.11. The number of carbonyl (C=O) groups is 1. The summed E-state index contributed by atoms with van der Waals surface area (Å²) in [5.74, 6) is 1.56. The van der Waals surface area contributed by atoms with Crippen molar-refractivity contribution in [1.29, 1.82) is 0 Å². The average molecular weight is 413 g/mol. The van der Waals surface area contributed by atoms with Gasteiger partial charge in [-0.1, -0.05) is 84.9 Å². The number of ether oxygens (including phenoxy) is 1. The van der Waals surface area contributed by atoms with Gasteiger partial charge < -0.3 is 9.64 Å². The first-order chi connectivity index (χ1) is 15.7. The minimum absolute atomic E-state index is 0.0520. The second-order valence-corrected chi connectivity index (χ2v) is 8.56. The molecule has 0 aromatic heterocycles. The third kappa shape index (κ3) is 1.94. The molecule has 2 aliphatic heterocycles. The number of carbonyl (C=O) groups excluding carboxylic acids is 1. The van der Waals surface area contributed by atoms with Crippen molar-refractivity contribution in [2.75, 3.05) is 11.9 Å². The van der Waals surface area contributed by atoms with E-state index in [4.69, 9.17) is 4.74 Å². The first kappa shape index (κ1) is 17.6. The summed E-state index contributed by atoms with van der Waals surface area (Å²) in [6.07, 6.45) is 0. The molecule has 0 aliphatic carbocycles. The molecule has 3 heteroatoms. The van der Waals surface area contributed by atoms with Crippen LogP contribution < -0.4 is 9.64 Å². The van der Waals surface area contributed by atoms with Crippen LogP contribution in [-0.2, 0) is 10.2 Å². The van der Waals surface area contributed by atoms with Gasteiger partial charge in [-0.25, -0.2) is 0 Å². The maximum absolute atomic E-state index is 14.3. The summed E-state index contributed by atoms with van der Waals surface area (Å²) in [5.41, 5.74) is 2.82. The normalized spacial score (nSPS) is 18.5. The summed E-state index contributed by atoms with van der Waals surface area (Å²) < 4.78 is 6.61. The smallest absolute Gasteiger partial charge is 0.246 e. The van der Waals surface area contributed by atoms with Crippen LogP contribution in [0.4, 0.5) is 5.69 Å². The predicted octanol–water partition coefficient (Wildman–Crippen LogP) is 6.41. The van der Waals surface area contributed by atoms with Crippen molar-refractivity contribution >= 4 is 33.1 Å². The van der Waals surface area contributed by atoms with Crippen LogP contribution in [0.3, 0.4) is 0 Å². The number of para-hydroxylation sites is 1. The molecule has 152 valence electrons. The van der Waals surface area contributed by atoms with Gasteiger partial charge >= 0.3 is 0 Å². The molecule has 5 aromatic rings. The molecule has 0 unspecified atom stereocenters. The molecule has 0 bridgehead atoms. The van der Waals surface area contributed by atoms with E-state index in [0.29, 0.717) is 0 Å². The lowest BCUT2D eigenvalue weighted by atomic mass is 9.66. The van der Waals surface area contributed by atoms with Gasteiger partial charge in [-0.2, -0.15) is 0 Å². The van der Waals surface area contributed by atoms with Crippen molar-refractivity contribution in [3.8, 4) is 11.5 Å². The second-order valence-electron chi connectivity index (χ2n) is 8.56. The second kappa shape index (κ2) is 5.98. The topological polar surface area (TPSA) is 29.5 Å². The molecule has 2 heterocycles. The highest BCUT2D eigenvalue weighted by Crippen LogP contribution is 2.60. The fourth-order valence-corrected chi connectivity index (χ4v) is 5.68. The van der Waals surface area contributed by atoms with Crippen LogP contribution in [0.25, 0.3) is 21.5 Å². The molecule has 0 radical (unpaired) electrons. The van der Waals surface area contributed by atoms with Gasteiger partial charge in [0.15, 0.2) is 0 Å². The standard InChI is InChI=1S/C29H19NO2/c1-30-24-13-7-6-12-22(24)29(28(30)31)23-16-14-19-9-3-5-11-21(19)27(23)32-25-17-15-18-8-2-4-10-20(18)26(25)29/h2-17H,1H3/t29-/m1/s1. The molecule has 2 aliphatic rings. The zero-order chi connectivity index (χ0) is 21.4. The number of hydrogen-bond donors (Lipinski definition) is 0. The molecular weight excluding hydrogens is 394 g/mol. The van der Waals surface area contributed by atoms with Crippen molar-refractivity contribution in [2.24, 2.45) is 0 Å². The Kier molecular flexibility index (Phi) is 3.28. The Morgan fingerprint density at radius 1 is 0.688 bits per heavy atom. The number of anilines is 1. The highest BCUT2D eigenvalue weighted by atomic mass is 16.5. The number of rotatable bonds is 0. The van der Waals surface area contributed by atoms with Crippen molar-refractivity contribution in [2.45, 2.75) is 5.41 Å². The fraction of sp³-hybridized carbons (Fsp3) is 0.0690. The minimum Gasteiger partial charge on any atom is -0.456 e. The molecule has 0 saturated carbocycles. The Balaban J connectivity index is 1.73. The van der Waals surface area contributed by atoms with E-state index in [1.54, 1.807) is 4.90 Å². The van der Waals surface area contributed by atoms with E-state index in [-0.39, 0.29) is 5.91 Å². The van der Waals surface area contributed by atoms with Crippen LogP contribution in [0.1, 0.15) is 16.7 Å². The zero-order valence-electron chi connectivity index (χ0n) is 17.5. The lowest BCUT2D eigenvalue weighted by Gasteiger charge is -2.37. The molecule has 0 saturated heterocycles. The van der Waals surface area contributed by atoms with Crippen LogP contribution in [0.15, 0.2) is 97.1 Å². The van der Waals surface area contributed by atoms with Gasteiger partial charge in [0, 0.05) is 34.8 Å². The molecule has 1 spiro atoms. The average Bonchev–Trinajstić information content (AvgIpc) is 3.07. The number of hydrogen-bond acceptors (Lipinski definition) is 2. The number of benzene rings is 5. The molecule has 5 aromatic carbocycles. The molecule has 3 nitrogen and oxygen atoms in total. The van der Waals surface area contributed by atoms with Crippen molar-refractivity contribution < 1.29 is 9.53 Å². The Morgan fingerprint density at radius 3 is 2.19 bits per heavy atom. The van der Waals surface area contributed by atoms with Gasteiger partial charge in [0.05, 0.1) is 0 Å². The van der Waals surface area contributed by atoms with Gasteiger partial charge in [0.2, 0.25) is 5.91 Å². The number of fused-ring (bicyclic) bond motifs is 10.